The zero-order chi connectivity index (χ0) is 14.8. The largest absolute Gasteiger partial charge is 0.303 e. The molecule has 1 N–H and O–H groups in total. The van der Waals surface area contributed by atoms with Crippen molar-refractivity contribution in [1.29, 1.82) is 0 Å². The van der Waals surface area contributed by atoms with E-state index in [1.165, 1.54) is 35.1 Å². The Morgan fingerprint density at radius 2 is 1.62 bits per heavy atom. The van der Waals surface area contributed by atoms with Gasteiger partial charge in [0.2, 0.25) is 0 Å². The van der Waals surface area contributed by atoms with Gasteiger partial charge in [-0.3, -0.25) is 0 Å². The van der Waals surface area contributed by atoms with Gasteiger partial charge < -0.3 is 5.32 Å². The van der Waals surface area contributed by atoms with Gasteiger partial charge in [0.25, 0.3) is 0 Å². The van der Waals surface area contributed by atoms with E-state index in [1.54, 1.807) is 0 Å². The van der Waals surface area contributed by atoms with Crippen LogP contribution in [0.1, 0.15) is 54.1 Å². The van der Waals surface area contributed by atoms with Gasteiger partial charge in [0.15, 0.2) is 0 Å². The minimum Gasteiger partial charge on any atom is -0.303 e. The highest BCUT2D eigenvalue weighted by atomic mass is 15.0. The molecule has 0 amide bonds. The summed E-state index contributed by atoms with van der Waals surface area (Å²) < 4.78 is 0. The minimum absolute atomic E-state index is 0.387. The first-order chi connectivity index (χ1) is 10.1. The molecule has 1 unspecified atom stereocenters. The average Bonchev–Trinajstić information content (AvgIpc) is 3.31. The quantitative estimate of drug-likeness (QED) is 0.802. The van der Waals surface area contributed by atoms with Gasteiger partial charge in [-0.15, -0.1) is 0 Å². The Hall–Kier alpha value is -1.60. The molecule has 0 saturated heterocycles. The third-order valence-corrected chi connectivity index (χ3v) is 4.61. The van der Waals surface area contributed by atoms with E-state index in [0.29, 0.717) is 12.1 Å². The normalized spacial score (nSPS) is 17.5. The maximum absolute atomic E-state index is 3.87. The summed E-state index contributed by atoms with van der Waals surface area (Å²) in [5, 5.41) is 3.87. The van der Waals surface area contributed by atoms with E-state index in [4.69, 9.17) is 0 Å². The highest BCUT2D eigenvalue weighted by molar-refractivity contribution is 5.30. The fraction of sp³-hybridized carbons (Fsp3) is 0.400. The van der Waals surface area contributed by atoms with Crippen molar-refractivity contribution in [2.45, 2.75) is 45.7 Å². The first-order valence-corrected chi connectivity index (χ1v) is 8.03. The van der Waals surface area contributed by atoms with Crippen LogP contribution in [0.5, 0.6) is 0 Å². The summed E-state index contributed by atoms with van der Waals surface area (Å²) in [4.78, 5) is 0. The zero-order valence-corrected chi connectivity index (χ0v) is 13.3. The van der Waals surface area contributed by atoms with Crippen LogP contribution in [0.15, 0.2) is 48.5 Å². The molecule has 0 heterocycles. The Morgan fingerprint density at radius 3 is 2.24 bits per heavy atom. The highest BCUT2D eigenvalue weighted by Gasteiger charge is 2.33. The molecular weight excluding hydrogens is 254 g/mol. The first kappa shape index (κ1) is 14.3. The van der Waals surface area contributed by atoms with Crippen molar-refractivity contribution in [3.05, 3.63) is 70.8 Å². The maximum atomic E-state index is 3.87. The van der Waals surface area contributed by atoms with Crippen LogP contribution >= 0.6 is 0 Å². The second kappa shape index (κ2) is 6.03. The van der Waals surface area contributed by atoms with Crippen LogP contribution in [-0.2, 0) is 0 Å². The minimum atomic E-state index is 0.387. The fourth-order valence-electron chi connectivity index (χ4n) is 3.14. The molecule has 2 atom stereocenters. The third-order valence-electron chi connectivity index (χ3n) is 4.61. The molecule has 1 aliphatic rings. The number of hydrogen-bond acceptors (Lipinski definition) is 1. The van der Waals surface area contributed by atoms with Crippen LogP contribution in [0.2, 0.25) is 0 Å². The molecule has 21 heavy (non-hydrogen) atoms. The van der Waals surface area contributed by atoms with E-state index in [0.717, 1.165) is 5.92 Å². The molecule has 0 spiro atoms. The fourth-order valence-corrected chi connectivity index (χ4v) is 3.14. The summed E-state index contributed by atoms with van der Waals surface area (Å²) in [6, 6.07) is 18.6. The Kier molecular flexibility index (Phi) is 4.12. The maximum Gasteiger partial charge on any atom is 0.0353 e. The molecule has 1 nitrogen and oxygen atoms in total. The smallest absolute Gasteiger partial charge is 0.0353 e. The van der Waals surface area contributed by atoms with Crippen molar-refractivity contribution in [3.8, 4) is 0 Å². The van der Waals surface area contributed by atoms with Crippen LogP contribution < -0.4 is 5.32 Å². The van der Waals surface area contributed by atoms with Gasteiger partial charge in [0.1, 0.15) is 0 Å². The average molecular weight is 279 g/mol. The molecule has 0 aliphatic heterocycles. The Morgan fingerprint density at radius 1 is 0.952 bits per heavy atom. The first-order valence-electron chi connectivity index (χ1n) is 8.03. The molecule has 3 rings (SSSR count). The van der Waals surface area contributed by atoms with Gasteiger partial charge in [-0.05, 0) is 56.2 Å². The van der Waals surface area contributed by atoms with Crippen LogP contribution in [-0.4, -0.2) is 0 Å². The van der Waals surface area contributed by atoms with Gasteiger partial charge in [0, 0.05) is 12.1 Å². The SMILES string of the molecule is Cc1ccc(C(N[C@@H](C)c2ccccc2C)C2CC2)cc1. The summed E-state index contributed by atoms with van der Waals surface area (Å²) in [7, 11) is 0. The molecule has 0 bridgehead atoms. The molecule has 2 aromatic rings. The van der Waals surface area contributed by atoms with Gasteiger partial charge >= 0.3 is 0 Å². The molecule has 1 heteroatoms. The molecule has 0 radical (unpaired) electrons. The summed E-state index contributed by atoms with van der Waals surface area (Å²) in [6.45, 7) is 6.64. The van der Waals surface area contributed by atoms with Crippen LogP contribution in [0.25, 0.3) is 0 Å². The van der Waals surface area contributed by atoms with Crippen molar-refractivity contribution < 1.29 is 0 Å². The predicted molar refractivity (Wildman–Crippen MR) is 89.4 cm³/mol. The van der Waals surface area contributed by atoms with Crippen molar-refractivity contribution >= 4 is 0 Å². The van der Waals surface area contributed by atoms with Crippen LogP contribution in [0.4, 0.5) is 0 Å². The number of hydrogen-bond donors (Lipinski definition) is 1. The molecule has 0 aromatic heterocycles. The van der Waals surface area contributed by atoms with Crippen LogP contribution in [0, 0.1) is 19.8 Å². The number of benzene rings is 2. The third kappa shape index (κ3) is 3.36. The second-order valence-electron chi connectivity index (χ2n) is 6.47. The van der Waals surface area contributed by atoms with Crippen LogP contribution in [0.3, 0.4) is 0 Å². The lowest BCUT2D eigenvalue weighted by atomic mass is 9.97. The molecule has 110 valence electrons. The molecule has 1 saturated carbocycles. The lowest BCUT2D eigenvalue weighted by Gasteiger charge is -2.25. The number of nitrogens with one attached hydrogen (secondary N) is 1. The van der Waals surface area contributed by atoms with E-state index in [-0.39, 0.29) is 0 Å². The number of aryl methyl sites for hydroxylation is 2. The van der Waals surface area contributed by atoms with Crippen molar-refractivity contribution in [1.82, 2.24) is 5.32 Å². The van der Waals surface area contributed by atoms with E-state index in [1.807, 2.05) is 0 Å². The van der Waals surface area contributed by atoms with Gasteiger partial charge in [-0.1, -0.05) is 54.1 Å². The van der Waals surface area contributed by atoms with Crippen molar-refractivity contribution in [3.63, 3.8) is 0 Å². The lowest BCUT2D eigenvalue weighted by Crippen LogP contribution is -2.26. The van der Waals surface area contributed by atoms with E-state index in [9.17, 15) is 0 Å². The standard InChI is InChI=1S/C20H25N/c1-14-8-10-17(11-9-14)20(18-12-13-18)21-16(3)19-7-5-4-6-15(19)2/h4-11,16,18,20-21H,12-13H2,1-3H3/t16-,20?/m0/s1. The molecular formula is C20H25N. The van der Waals surface area contributed by atoms with E-state index >= 15 is 0 Å². The Bertz CT molecular complexity index is 595. The summed E-state index contributed by atoms with van der Waals surface area (Å²) in [5.41, 5.74) is 5.55. The summed E-state index contributed by atoms with van der Waals surface area (Å²) >= 11 is 0. The monoisotopic (exact) mass is 279 g/mol. The zero-order valence-electron chi connectivity index (χ0n) is 13.3. The van der Waals surface area contributed by atoms with Crippen molar-refractivity contribution in [2.24, 2.45) is 5.92 Å². The molecule has 1 fully saturated rings. The predicted octanol–water partition coefficient (Wildman–Crippen LogP) is 5.11. The van der Waals surface area contributed by atoms with Gasteiger partial charge in [-0.2, -0.15) is 0 Å². The molecule has 1 aliphatic carbocycles. The van der Waals surface area contributed by atoms with Gasteiger partial charge in [-0.25, -0.2) is 0 Å². The lowest BCUT2D eigenvalue weighted by molar-refractivity contribution is 0.426. The number of rotatable bonds is 5. The molecule has 2 aromatic carbocycles. The summed E-state index contributed by atoms with van der Waals surface area (Å²) in [6.07, 6.45) is 2.71. The van der Waals surface area contributed by atoms with E-state index < -0.39 is 0 Å². The Balaban J connectivity index is 1.79. The summed E-state index contributed by atoms with van der Waals surface area (Å²) in [5.74, 6) is 0.805. The van der Waals surface area contributed by atoms with E-state index in [2.05, 4.69) is 74.6 Å². The van der Waals surface area contributed by atoms with Crippen molar-refractivity contribution in [2.75, 3.05) is 0 Å². The topological polar surface area (TPSA) is 12.0 Å². The highest BCUT2D eigenvalue weighted by Crippen LogP contribution is 2.42. The second-order valence-corrected chi connectivity index (χ2v) is 6.47. The van der Waals surface area contributed by atoms with Gasteiger partial charge in [0.05, 0.1) is 0 Å². The Labute approximate surface area is 128 Å².